The molecule has 0 fully saturated rings. The number of aromatic nitrogens is 1. The number of rotatable bonds is 5. The molecule has 0 saturated carbocycles. The van der Waals surface area contributed by atoms with Gasteiger partial charge in [-0.2, -0.15) is 22.7 Å². The number of hydrogen-bond donors (Lipinski definition) is 0. The highest BCUT2D eigenvalue weighted by molar-refractivity contribution is 7.89. The third-order valence-electron chi connectivity index (χ3n) is 3.62. The quantitative estimate of drug-likeness (QED) is 0.682. The minimum atomic E-state index is -5.01. The van der Waals surface area contributed by atoms with Crippen molar-refractivity contribution in [3.8, 4) is 6.07 Å². The van der Waals surface area contributed by atoms with Gasteiger partial charge in [0.25, 0.3) is 0 Å². The van der Waals surface area contributed by atoms with Crippen molar-refractivity contribution in [1.82, 2.24) is 9.29 Å². The second-order valence-electron chi connectivity index (χ2n) is 5.35. The lowest BCUT2D eigenvalue weighted by Crippen LogP contribution is -2.42. The Labute approximate surface area is 157 Å². The van der Waals surface area contributed by atoms with Gasteiger partial charge in [0.05, 0.1) is 10.6 Å². The van der Waals surface area contributed by atoms with Crippen LogP contribution < -0.4 is 0 Å². The highest BCUT2D eigenvalue weighted by atomic mass is 35.5. The van der Waals surface area contributed by atoms with Crippen molar-refractivity contribution in [2.75, 3.05) is 6.54 Å². The molecule has 1 aromatic heterocycles. The van der Waals surface area contributed by atoms with E-state index in [2.05, 4.69) is 4.98 Å². The lowest BCUT2D eigenvalue weighted by atomic mass is 10.1. The van der Waals surface area contributed by atoms with E-state index in [0.717, 1.165) is 36.7 Å². The van der Waals surface area contributed by atoms with Crippen molar-refractivity contribution in [2.45, 2.75) is 24.0 Å². The Morgan fingerprint density at radius 3 is 2.48 bits per heavy atom. The van der Waals surface area contributed by atoms with E-state index < -0.39 is 50.1 Å². The summed E-state index contributed by atoms with van der Waals surface area (Å²) in [4.78, 5) is 3.01. The summed E-state index contributed by atoms with van der Waals surface area (Å²) in [6.07, 6.45) is -3.08. The van der Waals surface area contributed by atoms with Gasteiger partial charge in [0.1, 0.15) is 22.8 Å². The monoisotopic (exact) mass is 421 g/mol. The van der Waals surface area contributed by atoms with Crippen LogP contribution in [0.25, 0.3) is 0 Å². The third kappa shape index (κ3) is 4.37. The van der Waals surface area contributed by atoms with Crippen LogP contribution in [-0.4, -0.2) is 30.4 Å². The van der Waals surface area contributed by atoms with Crippen LogP contribution in [0, 0.1) is 17.1 Å². The molecule has 1 aromatic carbocycles. The molecule has 0 bridgehead atoms. The first kappa shape index (κ1) is 21.1. The fourth-order valence-electron chi connectivity index (χ4n) is 2.45. The molecule has 1 atom stereocenters. The van der Waals surface area contributed by atoms with E-state index in [1.165, 1.54) is 6.92 Å². The summed E-state index contributed by atoms with van der Waals surface area (Å²) in [6, 6.07) is 2.29. The lowest BCUT2D eigenvalue weighted by molar-refractivity contribution is -0.173. The van der Waals surface area contributed by atoms with Crippen LogP contribution >= 0.6 is 11.6 Å². The van der Waals surface area contributed by atoms with Crippen molar-refractivity contribution >= 4 is 21.6 Å². The molecule has 0 aliphatic carbocycles. The van der Waals surface area contributed by atoms with Crippen molar-refractivity contribution in [1.29, 1.82) is 5.26 Å². The molecule has 0 aliphatic heterocycles. The van der Waals surface area contributed by atoms with Gasteiger partial charge in [-0.25, -0.2) is 12.8 Å². The molecule has 1 unspecified atom stereocenters. The van der Waals surface area contributed by atoms with E-state index in [-0.39, 0.29) is 9.87 Å². The molecule has 1 heterocycles. The van der Waals surface area contributed by atoms with Gasteiger partial charge in [-0.15, -0.1) is 0 Å². The fourth-order valence-corrected chi connectivity index (χ4v) is 4.24. The Hall–Kier alpha value is -2.22. The number of nitrogens with zero attached hydrogens (tertiary/aromatic N) is 3. The maximum Gasteiger partial charge on any atom is 0.409 e. The van der Waals surface area contributed by atoms with E-state index in [9.17, 15) is 26.0 Å². The van der Waals surface area contributed by atoms with E-state index in [0.29, 0.717) is 0 Å². The summed E-state index contributed by atoms with van der Waals surface area (Å²) in [7, 11) is -4.67. The Kier molecular flexibility index (Phi) is 6.09. The topological polar surface area (TPSA) is 74.1 Å². The number of halogens is 5. The predicted molar refractivity (Wildman–Crippen MR) is 88.7 cm³/mol. The largest absolute Gasteiger partial charge is 0.409 e. The standard InChI is InChI=1S/C16H12ClF4N3O2S/c1-2-24(27(25,26)12-5-10(7-22)8-23-9-12)15(16(19,20)21)11-3-4-14(18)13(17)6-11/h3-6,8-9,15H,2H2,1H3. The highest BCUT2D eigenvalue weighted by Gasteiger charge is 2.49. The van der Waals surface area contributed by atoms with Gasteiger partial charge in [0.2, 0.25) is 10.0 Å². The molecule has 0 saturated heterocycles. The van der Waals surface area contributed by atoms with Crippen LogP contribution in [0.4, 0.5) is 17.6 Å². The van der Waals surface area contributed by atoms with Gasteiger partial charge >= 0.3 is 6.18 Å². The number of sulfonamides is 1. The number of pyridine rings is 1. The maximum atomic E-state index is 13.8. The second kappa shape index (κ2) is 7.80. The first-order chi connectivity index (χ1) is 12.5. The van der Waals surface area contributed by atoms with Crippen LogP contribution in [-0.2, 0) is 10.0 Å². The van der Waals surface area contributed by atoms with Crippen molar-refractivity contribution in [2.24, 2.45) is 0 Å². The fraction of sp³-hybridized carbons (Fsp3) is 0.250. The Morgan fingerprint density at radius 1 is 1.30 bits per heavy atom. The predicted octanol–water partition coefficient (Wildman–Crippen LogP) is 4.06. The van der Waals surface area contributed by atoms with Gasteiger partial charge in [0, 0.05) is 18.9 Å². The molecule has 11 heteroatoms. The van der Waals surface area contributed by atoms with Gasteiger partial charge in [-0.05, 0) is 23.8 Å². The summed E-state index contributed by atoms with van der Waals surface area (Å²) < 4.78 is 80.4. The van der Waals surface area contributed by atoms with Crippen LogP contribution in [0.2, 0.25) is 5.02 Å². The van der Waals surface area contributed by atoms with Gasteiger partial charge in [0.15, 0.2) is 0 Å². The normalized spacial score (nSPS) is 13.4. The summed E-state index contributed by atoms with van der Waals surface area (Å²) in [5, 5.41) is 8.30. The molecule has 144 valence electrons. The van der Waals surface area contributed by atoms with Gasteiger partial charge < -0.3 is 0 Å². The van der Waals surface area contributed by atoms with E-state index in [4.69, 9.17) is 16.9 Å². The average Bonchev–Trinajstić information content (AvgIpc) is 2.61. The molecule has 5 nitrogen and oxygen atoms in total. The van der Waals surface area contributed by atoms with Gasteiger partial charge in [-0.3, -0.25) is 4.98 Å². The third-order valence-corrected chi connectivity index (χ3v) is 5.81. The van der Waals surface area contributed by atoms with E-state index in [1.54, 1.807) is 6.07 Å². The first-order valence-electron chi connectivity index (χ1n) is 7.41. The first-order valence-corrected chi connectivity index (χ1v) is 9.22. The molecule has 0 radical (unpaired) electrons. The lowest BCUT2D eigenvalue weighted by Gasteiger charge is -2.31. The van der Waals surface area contributed by atoms with Crippen molar-refractivity contribution in [3.63, 3.8) is 0 Å². The number of alkyl halides is 3. The highest BCUT2D eigenvalue weighted by Crippen LogP contribution is 2.41. The number of benzene rings is 1. The zero-order valence-electron chi connectivity index (χ0n) is 13.7. The van der Waals surface area contributed by atoms with Crippen LogP contribution in [0.15, 0.2) is 41.6 Å². The van der Waals surface area contributed by atoms with Crippen LogP contribution in [0.1, 0.15) is 24.1 Å². The molecule has 2 rings (SSSR count). The Balaban J connectivity index is 2.64. The van der Waals surface area contributed by atoms with E-state index in [1.807, 2.05) is 0 Å². The van der Waals surface area contributed by atoms with E-state index >= 15 is 0 Å². The molecule has 0 spiro atoms. The minimum Gasteiger partial charge on any atom is -0.262 e. The smallest absolute Gasteiger partial charge is 0.262 e. The second-order valence-corrected chi connectivity index (χ2v) is 7.64. The molecule has 0 aliphatic rings. The average molecular weight is 422 g/mol. The maximum absolute atomic E-state index is 13.8. The Morgan fingerprint density at radius 2 is 1.96 bits per heavy atom. The van der Waals surface area contributed by atoms with Crippen molar-refractivity contribution in [3.05, 3.63) is 58.6 Å². The molecular formula is C16H12ClF4N3O2S. The molecule has 0 N–H and O–H groups in total. The summed E-state index contributed by atoms with van der Waals surface area (Å²) >= 11 is 5.57. The number of nitriles is 1. The van der Waals surface area contributed by atoms with Crippen molar-refractivity contribution < 1.29 is 26.0 Å². The van der Waals surface area contributed by atoms with Gasteiger partial charge in [-0.1, -0.05) is 24.6 Å². The van der Waals surface area contributed by atoms with Crippen LogP contribution in [0.5, 0.6) is 0 Å². The summed E-state index contributed by atoms with van der Waals surface area (Å²) in [5.74, 6) is -0.932. The number of hydrogen-bond acceptors (Lipinski definition) is 4. The minimum absolute atomic E-state index is 0.125. The molecule has 27 heavy (non-hydrogen) atoms. The molecule has 2 aromatic rings. The Bertz CT molecular complexity index is 990. The SMILES string of the molecule is CCN(C(c1ccc(F)c(Cl)c1)C(F)(F)F)S(=O)(=O)c1cncc(C#N)c1. The zero-order chi connectivity index (χ0) is 20.4. The summed E-state index contributed by atoms with van der Waals surface area (Å²) in [5.41, 5.74) is -0.663. The summed E-state index contributed by atoms with van der Waals surface area (Å²) in [6.45, 7) is 0.682. The zero-order valence-corrected chi connectivity index (χ0v) is 15.3. The molecule has 0 amide bonds. The van der Waals surface area contributed by atoms with Crippen LogP contribution in [0.3, 0.4) is 0 Å². The molecular weight excluding hydrogens is 410 g/mol.